The van der Waals surface area contributed by atoms with E-state index in [1.165, 1.54) is 34.8 Å². The minimum atomic E-state index is 0.759. The first-order valence-electron chi connectivity index (χ1n) is 5.36. The van der Waals surface area contributed by atoms with Gasteiger partial charge in [0.2, 0.25) is 0 Å². The Balaban J connectivity index is 2.12. The fourth-order valence-corrected chi connectivity index (χ4v) is 4.05. The van der Waals surface area contributed by atoms with Crippen molar-refractivity contribution < 1.29 is 0 Å². The van der Waals surface area contributed by atoms with Crippen LogP contribution >= 0.6 is 22.9 Å². The van der Waals surface area contributed by atoms with Gasteiger partial charge in [0.05, 0.1) is 5.00 Å². The molecule has 1 aliphatic rings. The van der Waals surface area contributed by atoms with Gasteiger partial charge in [0.1, 0.15) is 10.8 Å². The zero-order valence-corrected chi connectivity index (χ0v) is 10.9. The van der Waals surface area contributed by atoms with Crippen molar-refractivity contribution in [3.05, 3.63) is 16.3 Å². The second kappa shape index (κ2) is 3.53. The van der Waals surface area contributed by atoms with Gasteiger partial charge in [-0.3, -0.25) is 0 Å². The second-order valence-corrected chi connectivity index (χ2v) is 6.09. The van der Waals surface area contributed by atoms with E-state index in [9.17, 15) is 0 Å². The molecular weight excluding hydrogens is 238 g/mol. The summed E-state index contributed by atoms with van der Waals surface area (Å²) < 4.78 is 4.22. The van der Waals surface area contributed by atoms with Gasteiger partial charge in [-0.1, -0.05) is 0 Å². The van der Waals surface area contributed by atoms with E-state index in [0.717, 1.165) is 27.3 Å². The minimum Gasteiger partial charge on any atom is -0.390 e. The first-order valence-corrected chi connectivity index (χ1v) is 6.95. The van der Waals surface area contributed by atoms with Crippen LogP contribution in [-0.4, -0.2) is 9.36 Å². The zero-order chi connectivity index (χ0) is 11.3. The van der Waals surface area contributed by atoms with Crippen LogP contribution in [-0.2, 0) is 0 Å². The number of anilines is 1. The van der Waals surface area contributed by atoms with Crippen LogP contribution in [0, 0.1) is 13.8 Å². The molecule has 0 aliphatic heterocycles. The lowest BCUT2D eigenvalue weighted by atomic mass is 10.1. The first-order chi connectivity index (χ1) is 7.66. The summed E-state index contributed by atoms with van der Waals surface area (Å²) in [5, 5.41) is 1.87. The van der Waals surface area contributed by atoms with Crippen molar-refractivity contribution in [3.63, 3.8) is 0 Å². The normalized spacial score (nSPS) is 15.6. The molecular formula is C11H13N3S2. The molecule has 0 amide bonds. The van der Waals surface area contributed by atoms with E-state index in [0.29, 0.717) is 0 Å². The summed E-state index contributed by atoms with van der Waals surface area (Å²) in [4.78, 5) is 5.89. The molecule has 0 aromatic carbocycles. The molecule has 2 heterocycles. The van der Waals surface area contributed by atoms with Crippen molar-refractivity contribution in [2.24, 2.45) is 0 Å². The summed E-state index contributed by atoms with van der Waals surface area (Å²) >= 11 is 3.17. The molecule has 1 fully saturated rings. The molecule has 84 valence electrons. The van der Waals surface area contributed by atoms with Crippen LogP contribution in [0.5, 0.6) is 0 Å². The van der Waals surface area contributed by atoms with Gasteiger partial charge in [-0.25, -0.2) is 4.98 Å². The number of hydrogen-bond donors (Lipinski definition) is 1. The maximum absolute atomic E-state index is 6.11. The van der Waals surface area contributed by atoms with E-state index in [-0.39, 0.29) is 0 Å². The smallest absolute Gasteiger partial charge is 0.147 e. The van der Waals surface area contributed by atoms with Crippen LogP contribution in [0.3, 0.4) is 0 Å². The molecule has 0 atom stereocenters. The first kappa shape index (κ1) is 10.2. The average Bonchev–Trinajstić information content (AvgIpc) is 2.93. The Bertz CT molecular complexity index is 537. The average molecular weight is 251 g/mol. The van der Waals surface area contributed by atoms with Crippen LogP contribution < -0.4 is 5.73 Å². The third-order valence-electron chi connectivity index (χ3n) is 2.90. The molecule has 2 N–H and O–H groups in total. The highest BCUT2D eigenvalue weighted by atomic mass is 32.1. The lowest BCUT2D eigenvalue weighted by Crippen LogP contribution is -1.86. The molecule has 0 spiro atoms. The summed E-state index contributed by atoms with van der Waals surface area (Å²) in [6.45, 7) is 4.08. The van der Waals surface area contributed by atoms with Gasteiger partial charge in [-0.05, 0) is 49.7 Å². The van der Waals surface area contributed by atoms with Gasteiger partial charge in [-0.15, -0.1) is 11.3 Å². The molecule has 0 radical (unpaired) electrons. The highest BCUT2D eigenvalue weighted by Gasteiger charge is 2.30. The summed E-state index contributed by atoms with van der Waals surface area (Å²) in [6.07, 6.45) is 2.63. The predicted octanol–water partition coefficient (Wildman–Crippen LogP) is 3.34. The number of aryl methyl sites for hydroxylation is 1. The van der Waals surface area contributed by atoms with E-state index in [1.807, 2.05) is 6.92 Å². The van der Waals surface area contributed by atoms with Gasteiger partial charge >= 0.3 is 0 Å². The lowest BCUT2D eigenvalue weighted by Gasteiger charge is -1.97. The van der Waals surface area contributed by atoms with Gasteiger partial charge in [0.15, 0.2) is 0 Å². The van der Waals surface area contributed by atoms with E-state index in [2.05, 4.69) is 16.3 Å². The molecule has 0 saturated heterocycles. The van der Waals surface area contributed by atoms with Crippen molar-refractivity contribution in [2.75, 3.05) is 5.73 Å². The number of hydrogen-bond acceptors (Lipinski definition) is 5. The molecule has 16 heavy (non-hydrogen) atoms. The third-order valence-corrected chi connectivity index (χ3v) is 5.01. The van der Waals surface area contributed by atoms with Crippen molar-refractivity contribution in [3.8, 4) is 10.6 Å². The maximum Gasteiger partial charge on any atom is 0.147 e. The molecule has 2 aromatic heterocycles. The topological polar surface area (TPSA) is 51.8 Å². The van der Waals surface area contributed by atoms with E-state index < -0.39 is 0 Å². The minimum absolute atomic E-state index is 0.759. The summed E-state index contributed by atoms with van der Waals surface area (Å²) in [5.74, 6) is 1.59. The Labute approximate surface area is 103 Å². The monoisotopic (exact) mass is 251 g/mol. The van der Waals surface area contributed by atoms with E-state index in [4.69, 9.17) is 5.73 Å². The van der Waals surface area contributed by atoms with Gasteiger partial charge < -0.3 is 5.73 Å². The van der Waals surface area contributed by atoms with Crippen LogP contribution in [0.2, 0.25) is 0 Å². The fourth-order valence-electron chi connectivity index (χ4n) is 1.95. The van der Waals surface area contributed by atoms with Crippen molar-refractivity contribution in [1.82, 2.24) is 9.36 Å². The quantitative estimate of drug-likeness (QED) is 0.890. The molecule has 3 rings (SSSR count). The standard InChI is InChI=1S/C11H13N3S2/c1-5-8(11-13-6(2)14-16-11)10(12)15-9(5)7-3-4-7/h7H,3-4,12H2,1-2H3. The Kier molecular flexibility index (Phi) is 2.26. The zero-order valence-electron chi connectivity index (χ0n) is 9.28. The SMILES string of the molecule is Cc1nsc(-c2c(N)sc(C3CC3)c2C)n1. The van der Waals surface area contributed by atoms with Crippen molar-refractivity contribution >= 4 is 27.9 Å². The lowest BCUT2D eigenvalue weighted by molar-refractivity contribution is 1.14. The highest BCUT2D eigenvalue weighted by molar-refractivity contribution is 7.17. The van der Waals surface area contributed by atoms with E-state index in [1.54, 1.807) is 11.3 Å². The van der Waals surface area contributed by atoms with Gasteiger partial charge in [0, 0.05) is 10.4 Å². The number of nitrogen functional groups attached to an aromatic ring is 1. The summed E-state index contributed by atoms with van der Waals surface area (Å²) in [6, 6.07) is 0. The number of thiophene rings is 1. The highest BCUT2D eigenvalue weighted by Crippen LogP contribution is 2.50. The summed E-state index contributed by atoms with van der Waals surface area (Å²) in [7, 11) is 0. The Morgan fingerprint density at radius 2 is 2.06 bits per heavy atom. The van der Waals surface area contributed by atoms with Crippen molar-refractivity contribution in [2.45, 2.75) is 32.6 Å². The number of rotatable bonds is 2. The van der Waals surface area contributed by atoms with Crippen LogP contribution in [0.4, 0.5) is 5.00 Å². The Hall–Kier alpha value is -0.940. The molecule has 0 unspecified atom stereocenters. The van der Waals surface area contributed by atoms with Crippen LogP contribution in [0.25, 0.3) is 10.6 Å². The van der Waals surface area contributed by atoms with Crippen LogP contribution in [0.15, 0.2) is 0 Å². The van der Waals surface area contributed by atoms with Gasteiger partial charge in [-0.2, -0.15) is 4.37 Å². The molecule has 1 saturated carbocycles. The maximum atomic E-state index is 6.11. The third kappa shape index (κ3) is 1.55. The molecule has 2 aromatic rings. The van der Waals surface area contributed by atoms with Crippen LogP contribution in [0.1, 0.15) is 35.0 Å². The molecule has 5 heteroatoms. The molecule has 1 aliphatic carbocycles. The number of nitrogens with two attached hydrogens (primary N) is 1. The summed E-state index contributed by atoms with van der Waals surface area (Å²) in [5.41, 5.74) is 8.55. The van der Waals surface area contributed by atoms with E-state index >= 15 is 0 Å². The van der Waals surface area contributed by atoms with Gasteiger partial charge in [0.25, 0.3) is 0 Å². The molecule has 3 nitrogen and oxygen atoms in total. The Morgan fingerprint density at radius 3 is 2.62 bits per heavy atom. The Morgan fingerprint density at radius 1 is 1.31 bits per heavy atom. The predicted molar refractivity (Wildman–Crippen MR) is 69.1 cm³/mol. The second-order valence-electron chi connectivity index (χ2n) is 4.25. The fraction of sp³-hybridized carbons (Fsp3) is 0.455. The number of aromatic nitrogens is 2. The number of nitrogens with zero attached hydrogens (tertiary/aromatic N) is 2. The largest absolute Gasteiger partial charge is 0.390 e. The molecule has 0 bridgehead atoms. The van der Waals surface area contributed by atoms with Crippen molar-refractivity contribution in [1.29, 1.82) is 0 Å².